The van der Waals surface area contributed by atoms with Crippen LogP contribution in [0.3, 0.4) is 0 Å². The molecular formula is C13H15N3. The number of hydrogen-bond acceptors (Lipinski definition) is 3. The summed E-state index contributed by atoms with van der Waals surface area (Å²) in [6, 6.07) is 10.2. The number of pyridine rings is 2. The summed E-state index contributed by atoms with van der Waals surface area (Å²) >= 11 is 0. The number of anilines is 1. The first-order chi connectivity index (χ1) is 7.75. The molecule has 0 fully saturated rings. The Balaban J connectivity index is 2.11. The molecule has 0 radical (unpaired) electrons. The van der Waals surface area contributed by atoms with Crippen LogP contribution >= 0.6 is 0 Å². The third-order valence-corrected chi connectivity index (χ3v) is 2.44. The second kappa shape index (κ2) is 4.75. The average Bonchev–Trinajstić information content (AvgIpc) is 2.30. The van der Waals surface area contributed by atoms with Crippen LogP contribution in [0.2, 0.25) is 0 Å². The zero-order valence-corrected chi connectivity index (χ0v) is 9.51. The molecule has 2 aromatic heterocycles. The van der Waals surface area contributed by atoms with Gasteiger partial charge in [0.2, 0.25) is 0 Å². The summed E-state index contributed by atoms with van der Waals surface area (Å²) in [5, 5.41) is 3.35. The molecule has 2 rings (SSSR count). The summed E-state index contributed by atoms with van der Waals surface area (Å²) in [6.45, 7) is 4.08. The van der Waals surface area contributed by atoms with Crippen molar-refractivity contribution in [1.82, 2.24) is 9.97 Å². The molecule has 0 aliphatic carbocycles. The second-order valence-corrected chi connectivity index (χ2v) is 3.82. The molecule has 0 spiro atoms. The van der Waals surface area contributed by atoms with Crippen molar-refractivity contribution < 1.29 is 0 Å². The molecule has 0 saturated carbocycles. The molecule has 0 aliphatic rings. The largest absolute Gasteiger partial charge is 0.363 e. The molecule has 0 aromatic carbocycles. The number of aromatic nitrogens is 2. The Bertz CT molecular complexity index is 454. The molecule has 0 saturated heterocycles. The van der Waals surface area contributed by atoms with E-state index in [4.69, 9.17) is 0 Å². The van der Waals surface area contributed by atoms with Crippen LogP contribution in [-0.2, 0) is 0 Å². The van der Waals surface area contributed by atoms with Crippen molar-refractivity contribution in [3.8, 4) is 0 Å². The van der Waals surface area contributed by atoms with Gasteiger partial charge in [0.1, 0.15) is 5.82 Å². The van der Waals surface area contributed by atoms with Crippen LogP contribution in [0, 0.1) is 6.92 Å². The predicted molar refractivity (Wildman–Crippen MR) is 65.2 cm³/mol. The van der Waals surface area contributed by atoms with Crippen molar-refractivity contribution >= 4 is 5.82 Å². The molecule has 0 amide bonds. The van der Waals surface area contributed by atoms with E-state index in [-0.39, 0.29) is 6.04 Å². The molecule has 16 heavy (non-hydrogen) atoms. The van der Waals surface area contributed by atoms with Gasteiger partial charge in [-0.3, -0.25) is 4.98 Å². The molecule has 1 atom stereocenters. The number of nitrogens with one attached hydrogen (secondary N) is 1. The third kappa shape index (κ3) is 2.57. The fourth-order valence-corrected chi connectivity index (χ4v) is 1.56. The Hall–Kier alpha value is -1.90. The van der Waals surface area contributed by atoms with Gasteiger partial charge < -0.3 is 5.32 Å². The van der Waals surface area contributed by atoms with Crippen molar-refractivity contribution in [2.24, 2.45) is 0 Å². The quantitative estimate of drug-likeness (QED) is 0.851. The van der Waals surface area contributed by atoms with Gasteiger partial charge in [-0.2, -0.15) is 0 Å². The molecular weight excluding hydrogens is 198 g/mol. The van der Waals surface area contributed by atoms with Gasteiger partial charge in [0, 0.05) is 18.1 Å². The Kier molecular flexibility index (Phi) is 3.15. The molecule has 2 aromatic rings. The molecule has 3 nitrogen and oxygen atoms in total. The predicted octanol–water partition coefficient (Wildman–Crippen LogP) is 2.96. The maximum atomic E-state index is 4.41. The first-order valence-corrected chi connectivity index (χ1v) is 5.36. The van der Waals surface area contributed by atoms with Crippen LogP contribution in [0.5, 0.6) is 0 Å². The molecule has 82 valence electrons. The van der Waals surface area contributed by atoms with Crippen LogP contribution in [0.4, 0.5) is 5.82 Å². The first kappa shape index (κ1) is 10.6. The zero-order chi connectivity index (χ0) is 11.4. The third-order valence-electron chi connectivity index (χ3n) is 2.44. The topological polar surface area (TPSA) is 37.8 Å². The summed E-state index contributed by atoms with van der Waals surface area (Å²) in [5.74, 6) is 0.899. The number of aryl methyl sites for hydroxylation is 1. The summed E-state index contributed by atoms with van der Waals surface area (Å²) in [5.41, 5.74) is 2.18. The standard InChI is InChI=1S/C13H15N3/c1-10-5-3-7-13(15-10)16-11(2)12-6-4-8-14-9-12/h3-9,11H,1-2H3,(H,15,16). The van der Waals surface area contributed by atoms with Gasteiger partial charge in [-0.15, -0.1) is 0 Å². The molecule has 0 bridgehead atoms. The fourth-order valence-electron chi connectivity index (χ4n) is 1.56. The van der Waals surface area contributed by atoms with E-state index < -0.39 is 0 Å². The van der Waals surface area contributed by atoms with Gasteiger partial charge in [0.25, 0.3) is 0 Å². The van der Waals surface area contributed by atoms with Crippen molar-refractivity contribution in [3.63, 3.8) is 0 Å². The highest BCUT2D eigenvalue weighted by atomic mass is 15.0. The summed E-state index contributed by atoms with van der Waals surface area (Å²) in [6.07, 6.45) is 3.65. The van der Waals surface area contributed by atoms with E-state index in [1.807, 2.05) is 37.4 Å². The highest BCUT2D eigenvalue weighted by molar-refractivity contribution is 5.38. The molecule has 1 N–H and O–H groups in total. The molecule has 2 heterocycles. The number of rotatable bonds is 3. The summed E-state index contributed by atoms with van der Waals surface area (Å²) in [4.78, 5) is 8.51. The maximum absolute atomic E-state index is 4.41. The van der Waals surface area contributed by atoms with E-state index in [0.29, 0.717) is 0 Å². The minimum Gasteiger partial charge on any atom is -0.363 e. The van der Waals surface area contributed by atoms with E-state index >= 15 is 0 Å². The highest BCUT2D eigenvalue weighted by Gasteiger charge is 2.05. The lowest BCUT2D eigenvalue weighted by atomic mass is 10.1. The van der Waals surface area contributed by atoms with E-state index in [9.17, 15) is 0 Å². The van der Waals surface area contributed by atoms with Gasteiger partial charge in [-0.05, 0) is 37.6 Å². The Labute approximate surface area is 95.6 Å². The lowest BCUT2D eigenvalue weighted by molar-refractivity contribution is 0.864. The lowest BCUT2D eigenvalue weighted by Crippen LogP contribution is -2.08. The van der Waals surface area contributed by atoms with Gasteiger partial charge in [0.05, 0.1) is 6.04 Å². The smallest absolute Gasteiger partial charge is 0.126 e. The van der Waals surface area contributed by atoms with Crippen LogP contribution in [0.1, 0.15) is 24.2 Å². The SMILES string of the molecule is Cc1cccc(NC(C)c2cccnc2)n1. The minimum absolute atomic E-state index is 0.211. The Morgan fingerprint density at radius 2 is 2.06 bits per heavy atom. The van der Waals surface area contributed by atoms with Crippen molar-refractivity contribution in [2.45, 2.75) is 19.9 Å². The van der Waals surface area contributed by atoms with E-state index in [1.165, 1.54) is 0 Å². The average molecular weight is 213 g/mol. The van der Waals surface area contributed by atoms with Crippen LogP contribution < -0.4 is 5.32 Å². The van der Waals surface area contributed by atoms with Gasteiger partial charge >= 0.3 is 0 Å². The second-order valence-electron chi connectivity index (χ2n) is 3.82. The minimum atomic E-state index is 0.211. The maximum Gasteiger partial charge on any atom is 0.126 e. The fraction of sp³-hybridized carbons (Fsp3) is 0.231. The van der Waals surface area contributed by atoms with E-state index in [0.717, 1.165) is 17.1 Å². The zero-order valence-electron chi connectivity index (χ0n) is 9.51. The lowest BCUT2D eigenvalue weighted by Gasteiger charge is -2.14. The van der Waals surface area contributed by atoms with Gasteiger partial charge in [-0.25, -0.2) is 4.98 Å². The van der Waals surface area contributed by atoms with E-state index in [1.54, 1.807) is 6.20 Å². The van der Waals surface area contributed by atoms with Crippen molar-refractivity contribution in [3.05, 3.63) is 54.0 Å². The van der Waals surface area contributed by atoms with Crippen LogP contribution in [0.15, 0.2) is 42.7 Å². The van der Waals surface area contributed by atoms with Crippen molar-refractivity contribution in [2.75, 3.05) is 5.32 Å². The Morgan fingerprint density at radius 3 is 2.75 bits per heavy atom. The van der Waals surface area contributed by atoms with E-state index in [2.05, 4.69) is 28.3 Å². The molecule has 1 unspecified atom stereocenters. The van der Waals surface area contributed by atoms with Crippen LogP contribution in [-0.4, -0.2) is 9.97 Å². The van der Waals surface area contributed by atoms with Gasteiger partial charge in [-0.1, -0.05) is 12.1 Å². The normalized spacial score (nSPS) is 12.1. The number of hydrogen-bond donors (Lipinski definition) is 1. The highest BCUT2D eigenvalue weighted by Crippen LogP contribution is 2.16. The Morgan fingerprint density at radius 1 is 1.19 bits per heavy atom. The monoisotopic (exact) mass is 213 g/mol. The summed E-state index contributed by atoms with van der Waals surface area (Å²) < 4.78 is 0. The molecule has 3 heteroatoms. The number of nitrogens with zero attached hydrogens (tertiary/aromatic N) is 2. The first-order valence-electron chi connectivity index (χ1n) is 5.36. The van der Waals surface area contributed by atoms with Gasteiger partial charge in [0.15, 0.2) is 0 Å². The molecule has 0 aliphatic heterocycles. The van der Waals surface area contributed by atoms with Crippen molar-refractivity contribution in [1.29, 1.82) is 0 Å². The van der Waals surface area contributed by atoms with Crippen LogP contribution in [0.25, 0.3) is 0 Å². The summed E-state index contributed by atoms with van der Waals surface area (Å²) in [7, 11) is 0.